The highest BCUT2D eigenvalue weighted by Gasteiger charge is 2.25. The number of hydrogen-bond donors (Lipinski definition) is 0. The minimum atomic E-state index is 0.1000. The van der Waals surface area contributed by atoms with Gasteiger partial charge in [-0.25, -0.2) is 4.98 Å². The summed E-state index contributed by atoms with van der Waals surface area (Å²) in [6.45, 7) is 6.17. The van der Waals surface area contributed by atoms with Crippen LogP contribution in [-0.4, -0.2) is 26.9 Å². The van der Waals surface area contributed by atoms with E-state index in [9.17, 15) is 4.79 Å². The standard InChI is InChI=1S/C21H21N3O/c1-15-7-3-5-9-18(15)20-22-13-17-14-23(11-12-24(17)20)21(25)19-10-6-4-8-16(19)2/h3-10,13H,11-12,14H2,1-2H3. The lowest BCUT2D eigenvalue weighted by Gasteiger charge is -2.29. The van der Waals surface area contributed by atoms with E-state index in [0.717, 1.165) is 34.8 Å². The molecule has 0 N–H and O–H groups in total. The highest BCUT2D eigenvalue weighted by Crippen LogP contribution is 2.26. The van der Waals surface area contributed by atoms with Gasteiger partial charge in [0.15, 0.2) is 0 Å². The smallest absolute Gasteiger partial charge is 0.254 e. The molecule has 4 heteroatoms. The van der Waals surface area contributed by atoms with Gasteiger partial charge in [-0.05, 0) is 31.0 Å². The van der Waals surface area contributed by atoms with E-state index in [1.54, 1.807) is 0 Å². The van der Waals surface area contributed by atoms with E-state index in [1.165, 1.54) is 5.56 Å². The van der Waals surface area contributed by atoms with Crippen LogP contribution in [0.2, 0.25) is 0 Å². The Bertz CT molecular complexity index is 942. The minimum absolute atomic E-state index is 0.1000. The molecule has 2 aromatic carbocycles. The van der Waals surface area contributed by atoms with Crippen molar-refractivity contribution in [2.24, 2.45) is 0 Å². The molecule has 0 unspecified atom stereocenters. The second-order valence-corrected chi connectivity index (χ2v) is 6.58. The number of aryl methyl sites for hydroxylation is 2. The van der Waals surface area contributed by atoms with E-state index in [1.807, 2.05) is 54.4 Å². The summed E-state index contributed by atoms with van der Waals surface area (Å²) in [6.07, 6.45) is 1.90. The Morgan fingerprint density at radius 2 is 1.68 bits per heavy atom. The van der Waals surface area contributed by atoms with Crippen LogP contribution >= 0.6 is 0 Å². The average molecular weight is 331 g/mol. The molecule has 1 aromatic heterocycles. The number of nitrogens with zero attached hydrogens (tertiary/aromatic N) is 3. The van der Waals surface area contributed by atoms with E-state index >= 15 is 0 Å². The lowest BCUT2D eigenvalue weighted by molar-refractivity contribution is 0.0711. The number of aromatic nitrogens is 2. The first-order valence-corrected chi connectivity index (χ1v) is 8.60. The van der Waals surface area contributed by atoms with Gasteiger partial charge in [0.2, 0.25) is 0 Å². The minimum Gasteiger partial charge on any atom is -0.331 e. The third-order valence-electron chi connectivity index (χ3n) is 4.93. The van der Waals surface area contributed by atoms with E-state index in [2.05, 4.69) is 28.6 Å². The Kier molecular flexibility index (Phi) is 3.88. The molecule has 1 amide bonds. The van der Waals surface area contributed by atoms with Crippen molar-refractivity contribution in [3.63, 3.8) is 0 Å². The summed E-state index contributed by atoms with van der Waals surface area (Å²) in [6, 6.07) is 16.1. The summed E-state index contributed by atoms with van der Waals surface area (Å²) < 4.78 is 2.24. The number of rotatable bonds is 2. The summed E-state index contributed by atoms with van der Waals surface area (Å²) in [5.74, 6) is 1.10. The van der Waals surface area contributed by atoms with Gasteiger partial charge in [-0.3, -0.25) is 4.79 Å². The Hall–Kier alpha value is -2.88. The van der Waals surface area contributed by atoms with Gasteiger partial charge >= 0.3 is 0 Å². The molecule has 1 aliphatic rings. The van der Waals surface area contributed by atoms with Crippen LogP contribution in [0.4, 0.5) is 0 Å². The van der Waals surface area contributed by atoms with Crippen molar-refractivity contribution in [2.75, 3.05) is 6.54 Å². The fourth-order valence-corrected chi connectivity index (χ4v) is 3.48. The second kappa shape index (κ2) is 6.20. The first-order chi connectivity index (χ1) is 12.1. The Morgan fingerprint density at radius 3 is 2.44 bits per heavy atom. The average Bonchev–Trinajstić information content (AvgIpc) is 3.05. The quantitative estimate of drug-likeness (QED) is 0.716. The number of fused-ring (bicyclic) bond motifs is 1. The molecule has 4 rings (SSSR count). The number of amides is 1. The zero-order valence-corrected chi connectivity index (χ0v) is 14.6. The number of carbonyl (C=O) groups excluding carboxylic acids is 1. The van der Waals surface area contributed by atoms with Gasteiger partial charge in [0.1, 0.15) is 5.82 Å². The van der Waals surface area contributed by atoms with Gasteiger partial charge in [0, 0.05) is 24.2 Å². The van der Waals surface area contributed by atoms with E-state index < -0.39 is 0 Å². The molecular formula is C21H21N3O. The maximum atomic E-state index is 12.9. The molecular weight excluding hydrogens is 310 g/mol. The van der Waals surface area contributed by atoms with E-state index in [-0.39, 0.29) is 5.91 Å². The highest BCUT2D eigenvalue weighted by molar-refractivity contribution is 5.95. The molecule has 25 heavy (non-hydrogen) atoms. The molecule has 1 aliphatic heterocycles. The van der Waals surface area contributed by atoms with Crippen LogP contribution in [0.25, 0.3) is 11.4 Å². The summed E-state index contributed by atoms with van der Waals surface area (Å²) in [5, 5.41) is 0. The van der Waals surface area contributed by atoms with Gasteiger partial charge in [-0.1, -0.05) is 42.5 Å². The maximum absolute atomic E-state index is 12.9. The van der Waals surface area contributed by atoms with Crippen molar-refractivity contribution in [2.45, 2.75) is 26.9 Å². The van der Waals surface area contributed by atoms with Crippen molar-refractivity contribution < 1.29 is 4.79 Å². The van der Waals surface area contributed by atoms with Crippen molar-refractivity contribution >= 4 is 5.91 Å². The first kappa shape index (κ1) is 15.6. The number of imidazole rings is 1. The largest absolute Gasteiger partial charge is 0.331 e. The number of hydrogen-bond acceptors (Lipinski definition) is 2. The topological polar surface area (TPSA) is 38.1 Å². The second-order valence-electron chi connectivity index (χ2n) is 6.58. The van der Waals surface area contributed by atoms with Gasteiger partial charge in [-0.2, -0.15) is 0 Å². The summed E-state index contributed by atoms with van der Waals surface area (Å²) in [4.78, 5) is 19.4. The monoisotopic (exact) mass is 331 g/mol. The molecule has 126 valence electrons. The van der Waals surface area contributed by atoms with Crippen LogP contribution in [0.5, 0.6) is 0 Å². The maximum Gasteiger partial charge on any atom is 0.254 e. The first-order valence-electron chi connectivity index (χ1n) is 8.60. The zero-order valence-electron chi connectivity index (χ0n) is 14.6. The summed E-state index contributed by atoms with van der Waals surface area (Å²) in [7, 11) is 0. The molecule has 0 saturated heterocycles. The van der Waals surface area contributed by atoms with Gasteiger partial charge < -0.3 is 9.47 Å². The predicted octanol–water partition coefficient (Wildman–Crippen LogP) is 3.82. The van der Waals surface area contributed by atoms with Crippen LogP contribution in [0.3, 0.4) is 0 Å². The zero-order chi connectivity index (χ0) is 17.4. The molecule has 4 nitrogen and oxygen atoms in total. The van der Waals surface area contributed by atoms with Crippen molar-refractivity contribution in [3.8, 4) is 11.4 Å². The molecule has 0 aliphatic carbocycles. The lowest BCUT2D eigenvalue weighted by atomic mass is 10.1. The Morgan fingerprint density at radius 1 is 0.960 bits per heavy atom. The van der Waals surface area contributed by atoms with Gasteiger partial charge in [0.25, 0.3) is 5.91 Å². The fraction of sp³-hybridized carbons (Fsp3) is 0.238. The molecule has 0 radical (unpaired) electrons. The molecule has 3 aromatic rings. The summed E-state index contributed by atoms with van der Waals surface area (Å²) >= 11 is 0. The van der Waals surface area contributed by atoms with Crippen LogP contribution in [-0.2, 0) is 13.1 Å². The van der Waals surface area contributed by atoms with Crippen molar-refractivity contribution in [1.29, 1.82) is 0 Å². The lowest BCUT2D eigenvalue weighted by Crippen LogP contribution is -2.38. The molecule has 0 fully saturated rings. The third kappa shape index (κ3) is 2.74. The van der Waals surface area contributed by atoms with Crippen LogP contribution in [0.1, 0.15) is 27.2 Å². The molecule has 2 heterocycles. The molecule has 0 saturated carbocycles. The van der Waals surface area contributed by atoms with Crippen molar-refractivity contribution in [3.05, 3.63) is 77.1 Å². The molecule has 0 atom stereocenters. The number of benzene rings is 2. The van der Waals surface area contributed by atoms with E-state index in [0.29, 0.717) is 13.1 Å². The van der Waals surface area contributed by atoms with Crippen LogP contribution in [0.15, 0.2) is 54.7 Å². The Balaban J connectivity index is 1.62. The fourth-order valence-electron chi connectivity index (χ4n) is 3.48. The predicted molar refractivity (Wildman–Crippen MR) is 98.3 cm³/mol. The normalized spacial score (nSPS) is 13.6. The molecule has 0 bridgehead atoms. The van der Waals surface area contributed by atoms with Gasteiger partial charge in [0.05, 0.1) is 18.4 Å². The Labute approximate surface area is 147 Å². The van der Waals surface area contributed by atoms with Crippen molar-refractivity contribution in [1.82, 2.24) is 14.5 Å². The van der Waals surface area contributed by atoms with Gasteiger partial charge in [-0.15, -0.1) is 0 Å². The van der Waals surface area contributed by atoms with E-state index in [4.69, 9.17) is 0 Å². The van der Waals surface area contributed by atoms with Crippen LogP contribution in [0, 0.1) is 13.8 Å². The third-order valence-corrected chi connectivity index (χ3v) is 4.93. The SMILES string of the molecule is Cc1ccccc1C(=O)N1CCn2c(cnc2-c2ccccc2C)C1. The number of carbonyl (C=O) groups is 1. The highest BCUT2D eigenvalue weighted by atomic mass is 16.2. The molecule has 0 spiro atoms. The summed E-state index contributed by atoms with van der Waals surface area (Å²) in [5.41, 5.74) is 5.27. The van der Waals surface area contributed by atoms with Crippen LogP contribution < -0.4 is 0 Å².